The van der Waals surface area contributed by atoms with Crippen LogP contribution in [0.5, 0.6) is 0 Å². The minimum absolute atomic E-state index is 0.0809. The van der Waals surface area contributed by atoms with Crippen LogP contribution in [0.4, 0.5) is 0 Å². The van der Waals surface area contributed by atoms with E-state index in [1.54, 1.807) is 9.58 Å². The molecule has 0 radical (unpaired) electrons. The fourth-order valence-corrected chi connectivity index (χ4v) is 3.62. The summed E-state index contributed by atoms with van der Waals surface area (Å²) in [6.07, 6.45) is 1.89. The number of fused-ring (bicyclic) bond motifs is 1. The average molecular weight is 393 g/mol. The van der Waals surface area contributed by atoms with Crippen molar-refractivity contribution < 1.29 is 9.59 Å². The maximum atomic E-state index is 13.1. The summed E-state index contributed by atoms with van der Waals surface area (Å²) < 4.78 is 3.24. The summed E-state index contributed by atoms with van der Waals surface area (Å²) in [4.78, 5) is 27.6. The van der Waals surface area contributed by atoms with E-state index >= 15 is 0 Å². The number of hydrogen-bond acceptors (Lipinski definition) is 5. The van der Waals surface area contributed by atoms with Crippen LogP contribution in [0, 0.1) is 6.92 Å². The molecule has 0 bridgehead atoms. The van der Waals surface area contributed by atoms with Crippen LogP contribution in [0.3, 0.4) is 0 Å². The molecule has 29 heavy (non-hydrogen) atoms. The Balaban J connectivity index is 1.59. The van der Waals surface area contributed by atoms with E-state index in [1.165, 1.54) is 4.68 Å². The molecule has 0 fully saturated rings. The largest absolute Gasteiger partial charge is 0.342 e. The van der Waals surface area contributed by atoms with Crippen molar-refractivity contribution in [3.05, 3.63) is 64.7 Å². The van der Waals surface area contributed by atoms with E-state index < -0.39 is 0 Å². The first-order valence-electron chi connectivity index (χ1n) is 9.55. The molecule has 1 N–H and O–H groups in total. The molecule has 2 aromatic heterocycles. The summed E-state index contributed by atoms with van der Waals surface area (Å²) in [7, 11) is 1.85. The van der Waals surface area contributed by atoms with Gasteiger partial charge in [-0.2, -0.15) is 5.10 Å². The SMILES string of the molecule is CCN(Cc1cn(C)nc1C)C(=O)c1nnn2c1C(=O)NC(c1ccccc1)C2. The van der Waals surface area contributed by atoms with E-state index in [2.05, 4.69) is 20.7 Å². The second-order valence-electron chi connectivity index (χ2n) is 7.14. The van der Waals surface area contributed by atoms with Crippen LogP contribution in [0.1, 0.15) is 50.8 Å². The van der Waals surface area contributed by atoms with Gasteiger partial charge in [0.2, 0.25) is 0 Å². The van der Waals surface area contributed by atoms with Crippen LogP contribution < -0.4 is 5.32 Å². The number of carbonyl (C=O) groups excluding carboxylic acids is 2. The highest BCUT2D eigenvalue weighted by Gasteiger charge is 2.34. The molecule has 9 nitrogen and oxygen atoms in total. The molecule has 3 heterocycles. The molecule has 0 aliphatic carbocycles. The predicted molar refractivity (Wildman–Crippen MR) is 105 cm³/mol. The quantitative estimate of drug-likeness (QED) is 0.708. The van der Waals surface area contributed by atoms with Gasteiger partial charge in [0.1, 0.15) is 0 Å². The lowest BCUT2D eigenvalue weighted by Crippen LogP contribution is -2.40. The fraction of sp³-hybridized carbons (Fsp3) is 0.350. The zero-order valence-electron chi connectivity index (χ0n) is 16.7. The molecule has 2 amide bonds. The van der Waals surface area contributed by atoms with E-state index in [-0.39, 0.29) is 29.2 Å². The Morgan fingerprint density at radius 2 is 2.07 bits per heavy atom. The van der Waals surface area contributed by atoms with E-state index in [4.69, 9.17) is 0 Å². The van der Waals surface area contributed by atoms with Gasteiger partial charge in [-0.1, -0.05) is 35.5 Å². The highest BCUT2D eigenvalue weighted by molar-refractivity contribution is 6.05. The molecule has 9 heteroatoms. The van der Waals surface area contributed by atoms with Gasteiger partial charge in [0, 0.05) is 31.9 Å². The van der Waals surface area contributed by atoms with Crippen LogP contribution in [-0.4, -0.2) is 48.0 Å². The minimum Gasteiger partial charge on any atom is -0.342 e. The van der Waals surface area contributed by atoms with Crippen molar-refractivity contribution >= 4 is 11.8 Å². The maximum Gasteiger partial charge on any atom is 0.277 e. The smallest absolute Gasteiger partial charge is 0.277 e. The Morgan fingerprint density at radius 1 is 1.31 bits per heavy atom. The van der Waals surface area contributed by atoms with Crippen LogP contribution in [0.15, 0.2) is 36.5 Å². The van der Waals surface area contributed by atoms with Crippen LogP contribution >= 0.6 is 0 Å². The number of hydrogen-bond donors (Lipinski definition) is 1. The third-order valence-corrected chi connectivity index (χ3v) is 5.16. The van der Waals surface area contributed by atoms with E-state index in [1.807, 2.05) is 57.4 Å². The lowest BCUT2D eigenvalue weighted by molar-refractivity contribution is 0.0736. The Morgan fingerprint density at radius 3 is 2.72 bits per heavy atom. The maximum absolute atomic E-state index is 13.1. The van der Waals surface area contributed by atoms with Gasteiger partial charge >= 0.3 is 0 Å². The normalized spacial score (nSPS) is 15.7. The van der Waals surface area contributed by atoms with E-state index in [0.29, 0.717) is 19.6 Å². The summed E-state index contributed by atoms with van der Waals surface area (Å²) in [6.45, 7) is 5.11. The summed E-state index contributed by atoms with van der Waals surface area (Å²) in [6, 6.07) is 9.47. The summed E-state index contributed by atoms with van der Waals surface area (Å²) >= 11 is 0. The second kappa shape index (κ2) is 7.50. The molecule has 1 unspecified atom stereocenters. The van der Waals surface area contributed by atoms with E-state index in [9.17, 15) is 9.59 Å². The van der Waals surface area contributed by atoms with Crippen molar-refractivity contribution in [2.24, 2.45) is 7.05 Å². The molecular weight excluding hydrogens is 370 g/mol. The second-order valence-corrected chi connectivity index (χ2v) is 7.14. The van der Waals surface area contributed by atoms with Crippen LogP contribution in [-0.2, 0) is 20.1 Å². The van der Waals surface area contributed by atoms with Gasteiger partial charge in [-0.25, -0.2) is 4.68 Å². The number of amides is 2. The standard InChI is InChI=1S/C20H23N7O2/c1-4-26(11-15-10-25(3)23-13(15)2)20(29)17-18-19(28)21-16(12-27(18)24-22-17)14-8-6-5-7-9-14/h5-10,16H,4,11-12H2,1-3H3,(H,21,28). The Kier molecular flexibility index (Phi) is 4.87. The topological polar surface area (TPSA) is 97.9 Å². The molecule has 1 aromatic carbocycles. The summed E-state index contributed by atoms with van der Waals surface area (Å²) in [5.41, 5.74) is 3.10. The Labute approximate surface area is 168 Å². The highest BCUT2D eigenvalue weighted by Crippen LogP contribution is 2.23. The molecule has 1 aliphatic rings. The summed E-state index contributed by atoms with van der Waals surface area (Å²) in [5.74, 6) is -0.655. The number of rotatable bonds is 5. The summed E-state index contributed by atoms with van der Waals surface area (Å²) in [5, 5.41) is 15.4. The molecule has 1 atom stereocenters. The van der Waals surface area contributed by atoms with Gasteiger partial charge in [-0.05, 0) is 19.4 Å². The third-order valence-electron chi connectivity index (χ3n) is 5.16. The number of aryl methyl sites for hydroxylation is 2. The Bertz CT molecular complexity index is 1050. The monoisotopic (exact) mass is 393 g/mol. The number of nitrogens with zero attached hydrogens (tertiary/aromatic N) is 6. The van der Waals surface area contributed by atoms with Gasteiger partial charge in [0.05, 0.1) is 18.3 Å². The minimum atomic E-state index is -0.341. The fourth-order valence-electron chi connectivity index (χ4n) is 3.62. The molecule has 0 spiro atoms. The van der Waals surface area contributed by atoms with Gasteiger partial charge < -0.3 is 10.2 Å². The van der Waals surface area contributed by atoms with Gasteiger partial charge in [0.25, 0.3) is 11.8 Å². The molecule has 150 valence electrons. The third kappa shape index (κ3) is 3.51. The number of aromatic nitrogens is 5. The lowest BCUT2D eigenvalue weighted by Gasteiger charge is -2.25. The molecule has 3 aromatic rings. The van der Waals surface area contributed by atoms with E-state index in [0.717, 1.165) is 16.8 Å². The molecule has 0 saturated heterocycles. The molecular formula is C20H23N7O2. The number of nitrogens with one attached hydrogen (secondary N) is 1. The van der Waals surface area contributed by atoms with Gasteiger partial charge in [-0.3, -0.25) is 14.3 Å². The first-order chi connectivity index (χ1) is 14.0. The first-order valence-corrected chi connectivity index (χ1v) is 9.55. The lowest BCUT2D eigenvalue weighted by atomic mass is 10.0. The average Bonchev–Trinajstić information content (AvgIpc) is 3.29. The van der Waals surface area contributed by atoms with Crippen molar-refractivity contribution in [2.75, 3.05) is 6.54 Å². The molecule has 1 aliphatic heterocycles. The zero-order chi connectivity index (χ0) is 20.5. The molecule has 0 saturated carbocycles. The Hall–Kier alpha value is -3.49. The highest BCUT2D eigenvalue weighted by atomic mass is 16.2. The van der Waals surface area contributed by atoms with Gasteiger partial charge in [-0.15, -0.1) is 5.10 Å². The zero-order valence-corrected chi connectivity index (χ0v) is 16.7. The van der Waals surface area contributed by atoms with Crippen molar-refractivity contribution in [1.29, 1.82) is 0 Å². The van der Waals surface area contributed by atoms with Crippen molar-refractivity contribution in [3.8, 4) is 0 Å². The van der Waals surface area contributed by atoms with Crippen molar-refractivity contribution in [2.45, 2.75) is 33.0 Å². The van der Waals surface area contributed by atoms with Crippen LogP contribution in [0.25, 0.3) is 0 Å². The van der Waals surface area contributed by atoms with Crippen molar-refractivity contribution in [1.82, 2.24) is 35.0 Å². The number of benzene rings is 1. The first kappa shape index (κ1) is 18.9. The van der Waals surface area contributed by atoms with Crippen molar-refractivity contribution in [3.63, 3.8) is 0 Å². The predicted octanol–water partition coefficient (Wildman–Crippen LogP) is 1.47. The van der Waals surface area contributed by atoms with Gasteiger partial charge in [0.15, 0.2) is 11.4 Å². The molecule has 4 rings (SSSR count). The number of carbonyl (C=O) groups is 2. The van der Waals surface area contributed by atoms with Crippen LogP contribution in [0.2, 0.25) is 0 Å².